The highest BCUT2D eigenvalue weighted by Gasteiger charge is 2.13. The zero-order chi connectivity index (χ0) is 18.1. The van der Waals surface area contributed by atoms with E-state index in [2.05, 4.69) is 32.6 Å². The van der Waals surface area contributed by atoms with Crippen LogP contribution in [0.3, 0.4) is 0 Å². The molecule has 0 amide bonds. The topological polar surface area (TPSA) is 69.4 Å². The zero-order valence-electron chi connectivity index (χ0n) is 14.6. The van der Waals surface area contributed by atoms with Gasteiger partial charge in [-0.25, -0.2) is 9.50 Å². The summed E-state index contributed by atoms with van der Waals surface area (Å²) in [5.74, 6) is 0.369. The predicted octanol–water partition coefficient (Wildman–Crippen LogP) is 3.63. The molecule has 0 atom stereocenters. The summed E-state index contributed by atoms with van der Waals surface area (Å²) in [5.41, 5.74) is 3.90. The van der Waals surface area contributed by atoms with Gasteiger partial charge in [-0.3, -0.25) is 4.79 Å². The monoisotopic (exact) mass is 366 g/mol. The van der Waals surface area contributed by atoms with E-state index in [0.717, 1.165) is 27.9 Å². The highest BCUT2D eigenvalue weighted by molar-refractivity contribution is 7.17. The smallest absolute Gasteiger partial charge is 0.306 e. The van der Waals surface area contributed by atoms with Crippen molar-refractivity contribution in [2.75, 3.05) is 0 Å². The molecule has 0 aliphatic rings. The second-order valence-corrected chi connectivity index (χ2v) is 7.06. The molecule has 0 radical (unpaired) electrons. The summed E-state index contributed by atoms with van der Waals surface area (Å²) in [5, 5.41) is 7.38. The van der Waals surface area contributed by atoms with E-state index in [1.807, 2.05) is 26.0 Å². The van der Waals surface area contributed by atoms with Gasteiger partial charge < -0.3 is 4.74 Å². The molecular formula is C19H18N4O2S. The first-order chi connectivity index (χ1) is 12.6. The van der Waals surface area contributed by atoms with E-state index < -0.39 is 0 Å². The number of hydrogen-bond donors (Lipinski definition) is 0. The average Bonchev–Trinajstić information content (AvgIpc) is 3.26. The van der Waals surface area contributed by atoms with Crippen molar-refractivity contribution in [2.24, 2.45) is 0 Å². The van der Waals surface area contributed by atoms with Crippen LogP contribution in [0.4, 0.5) is 0 Å². The lowest BCUT2D eigenvalue weighted by Crippen LogP contribution is -2.10. The fraction of sp³-hybridized carbons (Fsp3) is 0.263. The SMILES string of the molecule is Cc1nc2ncnn2c(C)c1CCC(=O)OCc1csc2ccccc12. The van der Waals surface area contributed by atoms with Gasteiger partial charge in [0.05, 0.1) is 0 Å². The minimum Gasteiger partial charge on any atom is -0.461 e. The Kier molecular flexibility index (Phi) is 4.38. The molecular weight excluding hydrogens is 348 g/mol. The van der Waals surface area contributed by atoms with Gasteiger partial charge >= 0.3 is 5.97 Å². The Morgan fingerprint density at radius 2 is 2.12 bits per heavy atom. The summed E-state index contributed by atoms with van der Waals surface area (Å²) in [4.78, 5) is 20.8. The summed E-state index contributed by atoms with van der Waals surface area (Å²) in [6, 6.07) is 8.14. The molecule has 0 saturated carbocycles. The third-order valence-corrected chi connectivity index (χ3v) is 5.53. The van der Waals surface area contributed by atoms with Gasteiger partial charge in [0.25, 0.3) is 5.78 Å². The molecule has 0 aliphatic heterocycles. The number of rotatable bonds is 5. The quantitative estimate of drug-likeness (QED) is 0.505. The van der Waals surface area contributed by atoms with Gasteiger partial charge in [0.2, 0.25) is 0 Å². The molecule has 0 unspecified atom stereocenters. The Balaban J connectivity index is 1.41. The highest BCUT2D eigenvalue weighted by Crippen LogP contribution is 2.26. The maximum absolute atomic E-state index is 12.2. The van der Waals surface area contributed by atoms with Gasteiger partial charge in [-0.1, -0.05) is 18.2 Å². The van der Waals surface area contributed by atoms with Gasteiger partial charge in [0.1, 0.15) is 12.9 Å². The molecule has 6 nitrogen and oxygen atoms in total. The molecule has 0 bridgehead atoms. The molecule has 4 aromatic rings. The molecule has 0 aliphatic carbocycles. The van der Waals surface area contributed by atoms with Crippen molar-refractivity contribution in [1.82, 2.24) is 19.6 Å². The number of benzene rings is 1. The molecule has 0 N–H and O–H groups in total. The van der Waals surface area contributed by atoms with E-state index >= 15 is 0 Å². The lowest BCUT2D eigenvalue weighted by atomic mass is 10.1. The van der Waals surface area contributed by atoms with E-state index in [-0.39, 0.29) is 5.97 Å². The van der Waals surface area contributed by atoms with Crippen molar-refractivity contribution in [1.29, 1.82) is 0 Å². The fourth-order valence-electron chi connectivity index (χ4n) is 3.12. The Bertz CT molecular complexity index is 1100. The second kappa shape index (κ2) is 6.84. The molecule has 7 heteroatoms. The number of thiophene rings is 1. The fourth-order valence-corrected chi connectivity index (χ4v) is 4.07. The minimum atomic E-state index is -0.210. The predicted molar refractivity (Wildman–Crippen MR) is 100 cm³/mol. The number of esters is 1. The maximum Gasteiger partial charge on any atom is 0.306 e. The van der Waals surface area contributed by atoms with E-state index in [1.54, 1.807) is 15.9 Å². The van der Waals surface area contributed by atoms with Gasteiger partial charge in [-0.05, 0) is 42.7 Å². The molecule has 132 valence electrons. The summed E-state index contributed by atoms with van der Waals surface area (Å²) in [7, 11) is 0. The van der Waals surface area contributed by atoms with Crippen molar-refractivity contribution in [3.8, 4) is 0 Å². The van der Waals surface area contributed by atoms with Crippen LogP contribution >= 0.6 is 11.3 Å². The van der Waals surface area contributed by atoms with Crippen molar-refractivity contribution in [3.63, 3.8) is 0 Å². The van der Waals surface area contributed by atoms with Crippen molar-refractivity contribution in [2.45, 2.75) is 33.3 Å². The molecule has 3 aromatic heterocycles. The maximum atomic E-state index is 12.2. The van der Waals surface area contributed by atoms with Crippen molar-refractivity contribution >= 4 is 33.2 Å². The van der Waals surface area contributed by atoms with Crippen LogP contribution in [0.2, 0.25) is 0 Å². The number of nitrogens with zero attached hydrogens (tertiary/aromatic N) is 4. The molecule has 1 aromatic carbocycles. The summed E-state index contributed by atoms with van der Waals surface area (Å²) >= 11 is 1.67. The molecule has 3 heterocycles. The molecule has 26 heavy (non-hydrogen) atoms. The molecule has 0 fully saturated rings. The van der Waals surface area contributed by atoms with E-state index in [9.17, 15) is 4.79 Å². The number of fused-ring (bicyclic) bond motifs is 2. The standard InChI is InChI=1S/C19H18N4O2S/c1-12-15(13(2)23-19(22-12)20-11-21-23)7-8-18(24)25-9-14-10-26-17-6-4-3-5-16(14)17/h3-6,10-11H,7-9H2,1-2H3. The summed E-state index contributed by atoms with van der Waals surface area (Å²) < 4.78 is 8.39. The summed E-state index contributed by atoms with van der Waals surface area (Å²) in [6.45, 7) is 4.20. The number of aryl methyl sites for hydroxylation is 2. The van der Waals surface area contributed by atoms with Crippen LogP contribution in [-0.2, 0) is 22.6 Å². The van der Waals surface area contributed by atoms with E-state index in [1.165, 1.54) is 11.0 Å². The van der Waals surface area contributed by atoms with Crippen LogP contribution in [-0.4, -0.2) is 25.6 Å². The number of ether oxygens (including phenoxy) is 1. The Morgan fingerprint density at radius 1 is 1.27 bits per heavy atom. The highest BCUT2D eigenvalue weighted by atomic mass is 32.1. The van der Waals surface area contributed by atoms with Crippen LogP contribution in [0.25, 0.3) is 15.9 Å². The Hall–Kier alpha value is -2.80. The van der Waals surface area contributed by atoms with E-state index in [4.69, 9.17) is 4.74 Å². The summed E-state index contributed by atoms with van der Waals surface area (Å²) in [6.07, 6.45) is 2.37. The van der Waals surface area contributed by atoms with Gasteiger partial charge in [-0.2, -0.15) is 10.1 Å². The van der Waals surface area contributed by atoms with Gasteiger partial charge in [-0.15, -0.1) is 11.3 Å². The van der Waals surface area contributed by atoms with Crippen LogP contribution in [0.5, 0.6) is 0 Å². The number of carbonyl (C=O) groups excluding carboxylic acids is 1. The van der Waals surface area contributed by atoms with Crippen LogP contribution < -0.4 is 0 Å². The normalized spacial score (nSPS) is 11.3. The van der Waals surface area contributed by atoms with Crippen LogP contribution in [0, 0.1) is 13.8 Å². The van der Waals surface area contributed by atoms with Crippen molar-refractivity contribution in [3.05, 3.63) is 58.5 Å². The average molecular weight is 366 g/mol. The largest absolute Gasteiger partial charge is 0.461 e. The Labute approximate surface area is 154 Å². The molecule has 0 spiro atoms. The minimum absolute atomic E-state index is 0.210. The Morgan fingerprint density at radius 3 is 3.00 bits per heavy atom. The van der Waals surface area contributed by atoms with E-state index in [0.29, 0.717) is 25.2 Å². The lowest BCUT2D eigenvalue weighted by Gasteiger charge is -2.10. The van der Waals surface area contributed by atoms with Gasteiger partial charge in [0, 0.05) is 28.1 Å². The first-order valence-corrected chi connectivity index (χ1v) is 9.28. The first-order valence-electron chi connectivity index (χ1n) is 8.40. The van der Waals surface area contributed by atoms with Crippen LogP contribution in [0.1, 0.15) is 28.9 Å². The first kappa shape index (κ1) is 16.7. The number of carbonyl (C=O) groups is 1. The number of aromatic nitrogens is 4. The van der Waals surface area contributed by atoms with Gasteiger partial charge in [0.15, 0.2) is 0 Å². The van der Waals surface area contributed by atoms with Crippen molar-refractivity contribution < 1.29 is 9.53 Å². The lowest BCUT2D eigenvalue weighted by molar-refractivity contribution is -0.144. The zero-order valence-corrected chi connectivity index (χ0v) is 15.4. The third-order valence-electron chi connectivity index (χ3n) is 4.52. The number of hydrogen-bond acceptors (Lipinski definition) is 6. The second-order valence-electron chi connectivity index (χ2n) is 6.15. The molecule has 0 saturated heterocycles. The molecule has 4 rings (SSSR count). The third kappa shape index (κ3) is 3.06. The van der Waals surface area contributed by atoms with Crippen LogP contribution in [0.15, 0.2) is 36.0 Å².